The Kier molecular flexibility index (Phi) is 5.19. The number of aliphatic hydroxyl groups is 1. The van der Waals surface area contributed by atoms with E-state index in [1.165, 1.54) is 7.11 Å². The molecule has 0 aliphatic carbocycles. The maximum absolute atomic E-state index is 12.6. The molecule has 0 aliphatic heterocycles. The third-order valence-electron chi connectivity index (χ3n) is 4.16. The van der Waals surface area contributed by atoms with Gasteiger partial charge in [0.2, 0.25) is 0 Å². The van der Waals surface area contributed by atoms with Crippen molar-refractivity contribution in [3.8, 4) is 0 Å². The molecule has 0 spiro atoms. The summed E-state index contributed by atoms with van der Waals surface area (Å²) in [4.78, 5) is 12.6. The first kappa shape index (κ1) is 17.2. The molecular weight excluding hydrogens is 290 g/mol. The summed E-state index contributed by atoms with van der Waals surface area (Å²) in [6.07, 6.45) is 0. The first-order chi connectivity index (χ1) is 10.9. The van der Waals surface area contributed by atoms with Gasteiger partial charge in [0.15, 0.2) is 5.60 Å². The van der Waals surface area contributed by atoms with Crippen LogP contribution in [0.4, 0.5) is 0 Å². The van der Waals surface area contributed by atoms with Crippen LogP contribution in [0.15, 0.2) is 60.7 Å². The van der Waals surface area contributed by atoms with Gasteiger partial charge in [0, 0.05) is 7.11 Å². The summed E-state index contributed by atoms with van der Waals surface area (Å²) in [5, 5.41) is 13.4. The lowest BCUT2D eigenvalue weighted by Crippen LogP contribution is -2.48. The number of carbonyl (C=O) groups is 1. The second-order valence-electron chi connectivity index (χ2n) is 5.93. The van der Waals surface area contributed by atoms with E-state index < -0.39 is 11.2 Å². The van der Waals surface area contributed by atoms with Gasteiger partial charge in [0.25, 0.3) is 5.91 Å². The largest absolute Gasteiger partial charge is 0.384 e. The van der Waals surface area contributed by atoms with Gasteiger partial charge >= 0.3 is 0 Å². The Bertz CT molecular complexity index is 640. The molecule has 2 N–H and O–H groups in total. The van der Waals surface area contributed by atoms with E-state index in [0.717, 1.165) is 11.1 Å². The predicted molar refractivity (Wildman–Crippen MR) is 89.8 cm³/mol. The van der Waals surface area contributed by atoms with Gasteiger partial charge in [0.05, 0.1) is 6.54 Å². The summed E-state index contributed by atoms with van der Waals surface area (Å²) in [6.45, 7) is 3.49. The van der Waals surface area contributed by atoms with E-state index in [1.807, 2.05) is 60.7 Å². The average molecular weight is 313 g/mol. The van der Waals surface area contributed by atoms with Gasteiger partial charge in [-0.3, -0.25) is 4.79 Å². The van der Waals surface area contributed by atoms with Crippen LogP contribution < -0.4 is 5.32 Å². The zero-order chi connectivity index (χ0) is 16.9. The van der Waals surface area contributed by atoms with E-state index in [0.29, 0.717) is 0 Å². The van der Waals surface area contributed by atoms with E-state index in [1.54, 1.807) is 13.8 Å². The SMILES string of the molecule is CO[C@@](C)(C(=O)NC[C@](C)(O)c1ccccc1)c1ccccc1. The molecule has 2 atom stereocenters. The Morgan fingerprint density at radius 3 is 1.96 bits per heavy atom. The molecule has 2 rings (SSSR count). The molecular formula is C19H23NO3. The monoisotopic (exact) mass is 313 g/mol. The second-order valence-corrected chi connectivity index (χ2v) is 5.93. The van der Waals surface area contributed by atoms with Gasteiger partial charge in [-0.05, 0) is 25.0 Å². The van der Waals surface area contributed by atoms with Crippen LogP contribution in [0.3, 0.4) is 0 Å². The van der Waals surface area contributed by atoms with Crippen molar-refractivity contribution in [3.63, 3.8) is 0 Å². The second kappa shape index (κ2) is 6.94. The minimum atomic E-state index is -1.15. The molecule has 0 aliphatic rings. The molecule has 1 amide bonds. The molecule has 0 aromatic heterocycles. The maximum atomic E-state index is 12.6. The normalized spacial score (nSPS) is 16.2. The molecule has 122 valence electrons. The molecule has 2 aromatic rings. The van der Waals surface area contributed by atoms with Crippen LogP contribution in [0.2, 0.25) is 0 Å². The standard InChI is InChI=1S/C19H23NO3/c1-18(22,15-10-6-4-7-11-15)14-20-17(21)19(2,23-3)16-12-8-5-9-13-16/h4-13,22H,14H2,1-3H3,(H,20,21)/t18-,19+/m0/s1. The molecule has 0 fully saturated rings. The molecule has 0 unspecified atom stereocenters. The van der Waals surface area contributed by atoms with E-state index in [9.17, 15) is 9.90 Å². The van der Waals surface area contributed by atoms with Crippen molar-refractivity contribution in [3.05, 3.63) is 71.8 Å². The van der Waals surface area contributed by atoms with Crippen LogP contribution in [0, 0.1) is 0 Å². The lowest BCUT2D eigenvalue weighted by molar-refractivity contribution is -0.143. The smallest absolute Gasteiger partial charge is 0.256 e. The zero-order valence-corrected chi connectivity index (χ0v) is 13.7. The summed E-state index contributed by atoms with van der Waals surface area (Å²) >= 11 is 0. The lowest BCUT2D eigenvalue weighted by Gasteiger charge is -2.30. The number of methoxy groups -OCH3 is 1. The number of carbonyl (C=O) groups excluding carboxylic acids is 1. The Labute approximate surface area is 137 Å². The fourth-order valence-electron chi connectivity index (χ4n) is 2.42. The van der Waals surface area contributed by atoms with Gasteiger partial charge in [-0.2, -0.15) is 0 Å². The molecule has 0 heterocycles. The number of rotatable bonds is 6. The molecule has 0 saturated carbocycles. The van der Waals surface area contributed by atoms with Crippen molar-refractivity contribution >= 4 is 5.91 Å². The molecule has 0 radical (unpaired) electrons. The highest BCUT2D eigenvalue weighted by Gasteiger charge is 2.36. The van der Waals surface area contributed by atoms with E-state index in [-0.39, 0.29) is 12.5 Å². The first-order valence-corrected chi connectivity index (χ1v) is 7.57. The van der Waals surface area contributed by atoms with Gasteiger partial charge in [0.1, 0.15) is 5.60 Å². The van der Waals surface area contributed by atoms with Crippen LogP contribution in [0.1, 0.15) is 25.0 Å². The van der Waals surface area contributed by atoms with Crippen LogP contribution in [-0.2, 0) is 20.7 Å². The molecule has 4 nitrogen and oxygen atoms in total. The van der Waals surface area contributed by atoms with Crippen molar-refractivity contribution in [1.82, 2.24) is 5.32 Å². The highest BCUT2D eigenvalue weighted by molar-refractivity contribution is 5.86. The minimum absolute atomic E-state index is 0.0988. The molecule has 4 heteroatoms. The number of amides is 1. The Morgan fingerprint density at radius 2 is 1.48 bits per heavy atom. The molecule has 23 heavy (non-hydrogen) atoms. The highest BCUT2D eigenvalue weighted by atomic mass is 16.5. The topological polar surface area (TPSA) is 58.6 Å². The van der Waals surface area contributed by atoms with Crippen molar-refractivity contribution in [1.29, 1.82) is 0 Å². The number of hydrogen-bond donors (Lipinski definition) is 2. The number of hydrogen-bond acceptors (Lipinski definition) is 3. The van der Waals surface area contributed by atoms with Crippen LogP contribution in [0.25, 0.3) is 0 Å². The maximum Gasteiger partial charge on any atom is 0.256 e. The summed E-state index contributed by atoms with van der Waals surface area (Å²) in [6, 6.07) is 18.6. The number of benzene rings is 2. The van der Waals surface area contributed by atoms with Crippen molar-refractivity contribution in [2.45, 2.75) is 25.0 Å². The van der Waals surface area contributed by atoms with Crippen molar-refractivity contribution in [2.75, 3.05) is 13.7 Å². The van der Waals surface area contributed by atoms with Crippen molar-refractivity contribution < 1.29 is 14.6 Å². The van der Waals surface area contributed by atoms with Crippen LogP contribution in [0.5, 0.6) is 0 Å². The summed E-state index contributed by atoms with van der Waals surface area (Å²) in [7, 11) is 1.50. The fourth-order valence-corrected chi connectivity index (χ4v) is 2.42. The first-order valence-electron chi connectivity index (χ1n) is 7.57. The summed E-state index contributed by atoms with van der Waals surface area (Å²) in [5.74, 6) is -0.289. The quantitative estimate of drug-likeness (QED) is 0.862. The van der Waals surface area contributed by atoms with E-state index in [2.05, 4.69) is 5.32 Å². The van der Waals surface area contributed by atoms with Gasteiger partial charge in [-0.15, -0.1) is 0 Å². The third-order valence-corrected chi connectivity index (χ3v) is 4.16. The van der Waals surface area contributed by atoms with Crippen molar-refractivity contribution in [2.24, 2.45) is 0 Å². The van der Waals surface area contributed by atoms with E-state index >= 15 is 0 Å². The summed E-state index contributed by atoms with van der Waals surface area (Å²) < 4.78 is 5.46. The third kappa shape index (κ3) is 3.78. The van der Waals surface area contributed by atoms with Gasteiger partial charge < -0.3 is 15.2 Å². The van der Waals surface area contributed by atoms with E-state index in [4.69, 9.17) is 4.74 Å². The molecule has 2 aromatic carbocycles. The van der Waals surface area contributed by atoms with Crippen LogP contribution in [-0.4, -0.2) is 24.7 Å². The molecule has 0 saturated heterocycles. The Balaban J connectivity index is 2.12. The number of ether oxygens (including phenoxy) is 1. The average Bonchev–Trinajstić information content (AvgIpc) is 2.60. The van der Waals surface area contributed by atoms with Gasteiger partial charge in [-0.25, -0.2) is 0 Å². The Hall–Kier alpha value is -2.17. The Morgan fingerprint density at radius 1 is 1.00 bits per heavy atom. The predicted octanol–water partition coefficient (Wildman–Crippen LogP) is 2.57. The fraction of sp³-hybridized carbons (Fsp3) is 0.316. The van der Waals surface area contributed by atoms with Gasteiger partial charge in [-0.1, -0.05) is 60.7 Å². The van der Waals surface area contributed by atoms with Crippen LogP contribution >= 0.6 is 0 Å². The molecule has 0 bridgehead atoms. The highest BCUT2D eigenvalue weighted by Crippen LogP contribution is 2.25. The number of nitrogens with one attached hydrogen (secondary N) is 1. The summed E-state index contributed by atoms with van der Waals surface area (Å²) in [5.41, 5.74) is -0.741. The minimum Gasteiger partial charge on any atom is -0.384 e. The zero-order valence-electron chi connectivity index (χ0n) is 13.7. The lowest BCUT2D eigenvalue weighted by atomic mass is 9.93.